The van der Waals surface area contributed by atoms with Crippen molar-refractivity contribution in [2.45, 2.75) is 18.4 Å². The first kappa shape index (κ1) is 17.5. The highest BCUT2D eigenvalue weighted by molar-refractivity contribution is 7.97. The van der Waals surface area contributed by atoms with Crippen molar-refractivity contribution in [2.75, 3.05) is 0 Å². The van der Waals surface area contributed by atoms with Crippen molar-refractivity contribution in [1.29, 1.82) is 0 Å². The standard InChI is InChI=1S/C21H17FN2O2S/c1-14-3-2-4-15(11-14)12-27-13-18-9-10-19(25-18)21-23-20(24-26-21)16-5-7-17(22)8-6-16/h2-11H,12-13H2,1H3. The molecule has 0 radical (unpaired) electrons. The van der Waals surface area contributed by atoms with E-state index in [2.05, 4.69) is 41.3 Å². The van der Waals surface area contributed by atoms with E-state index in [1.165, 1.54) is 23.3 Å². The molecule has 27 heavy (non-hydrogen) atoms. The molecule has 0 amide bonds. The van der Waals surface area contributed by atoms with E-state index in [4.69, 9.17) is 8.94 Å². The average Bonchev–Trinajstić information content (AvgIpc) is 3.32. The molecule has 0 saturated heterocycles. The van der Waals surface area contributed by atoms with Gasteiger partial charge in [0.15, 0.2) is 5.76 Å². The number of hydrogen-bond acceptors (Lipinski definition) is 5. The zero-order valence-corrected chi connectivity index (χ0v) is 15.5. The topological polar surface area (TPSA) is 52.1 Å². The van der Waals surface area contributed by atoms with Gasteiger partial charge in [-0.05, 0) is 48.9 Å². The number of rotatable bonds is 6. The highest BCUT2D eigenvalue weighted by Crippen LogP contribution is 2.26. The summed E-state index contributed by atoms with van der Waals surface area (Å²) in [5, 5.41) is 3.94. The molecule has 0 fully saturated rings. The number of benzene rings is 2. The third-order valence-electron chi connectivity index (χ3n) is 4.00. The average molecular weight is 380 g/mol. The van der Waals surface area contributed by atoms with Crippen LogP contribution in [0.3, 0.4) is 0 Å². The maximum atomic E-state index is 13.0. The Balaban J connectivity index is 1.40. The molecule has 0 bridgehead atoms. The Morgan fingerprint density at radius 2 is 1.85 bits per heavy atom. The number of furan rings is 1. The van der Waals surface area contributed by atoms with E-state index in [0.29, 0.717) is 23.0 Å². The zero-order valence-electron chi connectivity index (χ0n) is 14.7. The van der Waals surface area contributed by atoms with Crippen molar-refractivity contribution < 1.29 is 13.3 Å². The van der Waals surface area contributed by atoms with Crippen molar-refractivity contribution in [3.63, 3.8) is 0 Å². The summed E-state index contributed by atoms with van der Waals surface area (Å²) in [6.45, 7) is 2.09. The number of nitrogens with zero attached hydrogens (tertiary/aromatic N) is 2. The van der Waals surface area contributed by atoms with Crippen LogP contribution >= 0.6 is 11.8 Å². The maximum absolute atomic E-state index is 13.0. The smallest absolute Gasteiger partial charge is 0.293 e. The Kier molecular flexibility index (Phi) is 5.07. The Bertz CT molecular complexity index is 1040. The van der Waals surface area contributed by atoms with E-state index in [-0.39, 0.29) is 5.82 Å². The fraction of sp³-hybridized carbons (Fsp3) is 0.143. The lowest BCUT2D eigenvalue weighted by atomic mass is 10.2. The fourth-order valence-corrected chi connectivity index (χ4v) is 3.56. The molecular formula is C21H17FN2O2S. The Morgan fingerprint density at radius 1 is 1.00 bits per heavy atom. The highest BCUT2D eigenvalue weighted by atomic mass is 32.2. The molecule has 0 saturated carbocycles. The monoisotopic (exact) mass is 380 g/mol. The summed E-state index contributed by atoms with van der Waals surface area (Å²) in [5.74, 6) is 3.47. The summed E-state index contributed by atoms with van der Waals surface area (Å²) < 4.78 is 24.1. The van der Waals surface area contributed by atoms with E-state index in [0.717, 1.165) is 17.3 Å². The lowest BCUT2D eigenvalue weighted by molar-refractivity contribution is 0.413. The van der Waals surface area contributed by atoms with Crippen molar-refractivity contribution in [3.05, 3.63) is 83.4 Å². The van der Waals surface area contributed by atoms with Crippen LogP contribution in [0.1, 0.15) is 16.9 Å². The fourth-order valence-electron chi connectivity index (χ4n) is 2.68. The summed E-state index contributed by atoms with van der Waals surface area (Å²) in [7, 11) is 0. The lowest BCUT2D eigenvalue weighted by Crippen LogP contribution is -1.83. The highest BCUT2D eigenvalue weighted by Gasteiger charge is 2.14. The number of thioether (sulfide) groups is 1. The van der Waals surface area contributed by atoms with E-state index < -0.39 is 0 Å². The quantitative estimate of drug-likeness (QED) is 0.418. The Morgan fingerprint density at radius 3 is 2.67 bits per heavy atom. The normalized spacial score (nSPS) is 11.0. The zero-order chi connectivity index (χ0) is 18.6. The van der Waals surface area contributed by atoms with Crippen LogP contribution in [-0.4, -0.2) is 10.1 Å². The second kappa shape index (κ2) is 7.80. The first-order chi connectivity index (χ1) is 13.2. The summed E-state index contributed by atoms with van der Waals surface area (Å²) in [4.78, 5) is 4.33. The van der Waals surface area contributed by atoms with Crippen LogP contribution in [0.2, 0.25) is 0 Å². The number of hydrogen-bond donors (Lipinski definition) is 0. The molecule has 0 N–H and O–H groups in total. The third kappa shape index (κ3) is 4.28. The van der Waals surface area contributed by atoms with Crippen molar-refractivity contribution in [1.82, 2.24) is 10.1 Å². The molecule has 6 heteroatoms. The van der Waals surface area contributed by atoms with E-state index in [9.17, 15) is 4.39 Å². The maximum Gasteiger partial charge on any atom is 0.293 e. The predicted octanol–water partition coefficient (Wildman–Crippen LogP) is 5.88. The van der Waals surface area contributed by atoms with Gasteiger partial charge in [-0.1, -0.05) is 35.0 Å². The Hall–Kier alpha value is -2.86. The molecule has 2 aromatic heterocycles. The van der Waals surface area contributed by atoms with Crippen LogP contribution in [0.5, 0.6) is 0 Å². The minimum atomic E-state index is -0.304. The molecule has 136 valence electrons. The second-order valence-corrected chi connectivity index (χ2v) is 7.16. The van der Waals surface area contributed by atoms with Crippen LogP contribution in [0.4, 0.5) is 4.39 Å². The second-order valence-electron chi connectivity index (χ2n) is 6.18. The number of aromatic nitrogens is 2. The van der Waals surface area contributed by atoms with Gasteiger partial charge >= 0.3 is 0 Å². The van der Waals surface area contributed by atoms with Crippen LogP contribution < -0.4 is 0 Å². The van der Waals surface area contributed by atoms with Crippen LogP contribution in [0.15, 0.2) is 69.6 Å². The molecule has 4 rings (SSSR count). The Labute approximate surface area is 160 Å². The van der Waals surface area contributed by atoms with Gasteiger partial charge in [0, 0.05) is 11.3 Å². The van der Waals surface area contributed by atoms with Crippen molar-refractivity contribution in [3.8, 4) is 23.0 Å². The van der Waals surface area contributed by atoms with Crippen LogP contribution in [0.25, 0.3) is 23.0 Å². The van der Waals surface area contributed by atoms with E-state index in [1.807, 2.05) is 12.1 Å². The predicted molar refractivity (Wildman–Crippen MR) is 104 cm³/mol. The molecule has 0 unspecified atom stereocenters. The molecule has 2 heterocycles. The molecule has 0 aliphatic heterocycles. The van der Waals surface area contributed by atoms with Crippen LogP contribution in [-0.2, 0) is 11.5 Å². The molecule has 0 aliphatic carbocycles. The van der Waals surface area contributed by atoms with Crippen molar-refractivity contribution >= 4 is 11.8 Å². The SMILES string of the molecule is Cc1cccc(CSCc2ccc(-c3nc(-c4ccc(F)cc4)no3)o2)c1. The molecule has 4 nitrogen and oxygen atoms in total. The minimum absolute atomic E-state index is 0.304. The van der Waals surface area contributed by atoms with Gasteiger partial charge in [-0.25, -0.2) is 4.39 Å². The summed E-state index contributed by atoms with van der Waals surface area (Å²) in [6.07, 6.45) is 0. The van der Waals surface area contributed by atoms with Gasteiger partial charge in [0.2, 0.25) is 5.82 Å². The van der Waals surface area contributed by atoms with Crippen molar-refractivity contribution in [2.24, 2.45) is 0 Å². The third-order valence-corrected chi connectivity index (χ3v) is 5.02. The summed E-state index contributed by atoms with van der Waals surface area (Å²) in [5.41, 5.74) is 3.25. The molecular weight excluding hydrogens is 363 g/mol. The molecule has 4 aromatic rings. The molecule has 2 aromatic carbocycles. The van der Waals surface area contributed by atoms with Gasteiger partial charge in [0.05, 0.1) is 5.75 Å². The minimum Gasteiger partial charge on any atom is -0.455 e. The number of aryl methyl sites for hydroxylation is 1. The van der Waals surface area contributed by atoms with Gasteiger partial charge in [0.1, 0.15) is 11.6 Å². The molecule has 0 atom stereocenters. The molecule has 0 aliphatic rings. The van der Waals surface area contributed by atoms with Gasteiger partial charge in [-0.2, -0.15) is 4.98 Å². The summed E-state index contributed by atoms with van der Waals surface area (Å²) in [6, 6.07) is 18.2. The van der Waals surface area contributed by atoms with E-state index in [1.54, 1.807) is 23.9 Å². The van der Waals surface area contributed by atoms with Gasteiger partial charge in [0.25, 0.3) is 5.89 Å². The van der Waals surface area contributed by atoms with Gasteiger partial charge < -0.3 is 8.94 Å². The lowest BCUT2D eigenvalue weighted by Gasteiger charge is -2.01. The molecule has 0 spiro atoms. The summed E-state index contributed by atoms with van der Waals surface area (Å²) >= 11 is 1.78. The van der Waals surface area contributed by atoms with Gasteiger partial charge in [-0.15, -0.1) is 11.8 Å². The van der Waals surface area contributed by atoms with E-state index >= 15 is 0 Å². The van der Waals surface area contributed by atoms with Gasteiger partial charge in [-0.3, -0.25) is 0 Å². The number of halogens is 1. The largest absolute Gasteiger partial charge is 0.455 e. The first-order valence-electron chi connectivity index (χ1n) is 8.49. The first-order valence-corrected chi connectivity index (χ1v) is 9.65. The van der Waals surface area contributed by atoms with Crippen LogP contribution in [0, 0.1) is 12.7 Å².